The summed E-state index contributed by atoms with van der Waals surface area (Å²) < 4.78 is 0. The number of aromatic nitrogens is 2. The van der Waals surface area contributed by atoms with Crippen LogP contribution in [0.1, 0.15) is 33.1 Å². The minimum absolute atomic E-state index is 0.0132. The molecular formula is C15H17N3O2. The summed E-state index contributed by atoms with van der Waals surface area (Å²) in [5.74, 6) is 0.246. The largest absolute Gasteiger partial charge is 0.323 e. The van der Waals surface area contributed by atoms with Gasteiger partial charge in [0, 0.05) is 18.6 Å². The SMILES string of the molecule is CC1(C)CC(=O)CC(=Nc2ccc3[nH]c(=O)[nH]c3c2)C1. The summed E-state index contributed by atoms with van der Waals surface area (Å²) in [7, 11) is 0. The molecule has 0 aliphatic heterocycles. The van der Waals surface area contributed by atoms with Gasteiger partial charge >= 0.3 is 5.69 Å². The van der Waals surface area contributed by atoms with Crippen molar-refractivity contribution in [2.75, 3.05) is 0 Å². The zero-order valence-corrected chi connectivity index (χ0v) is 11.6. The third-order valence-corrected chi connectivity index (χ3v) is 3.55. The standard InChI is InChI=1S/C15H17N3O2/c1-15(2)7-10(5-11(19)8-15)16-9-3-4-12-13(6-9)18-14(20)17-12/h3-4,6H,5,7-8H2,1-2H3,(H2,17,18,20). The Labute approximate surface area is 116 Å². The van der Waals surface area contributed by atoms with Crippen molar-refractivity contribution in [1.29, 1.82) is 0 Å². The van der Waals surface area contributed by atoms with Gasteiger partial charge in [0.25, 0.3) is 0 Å². The van der Waals surface area contributed by atoms with Gasteiger partial charge in [-0.05, 0) is 30.0 Å². The number of Topliss-reactive ketones (excluding diaryl/α,β-unsaturated/α-hetero) is 1. The molecule has 1 aliphatic carbocycles. The second kappa shape index (κ2) is 4.44. The van der Waals surface area contributed by atoms with Crippen LogP contribution in [0.25, 0.3) is 11.0 Å². The molecule has 1 fully saturated rings. The van der Waals surface area contributed by atoms with Gasteiger partial charge in [0.15, 0.2) is 0 Å². The number of ketones is 1. The molecule has 1 aromatic heterocycles. The fraction of sp³-hybridized carbons (Fsp3) is 0.400. The Kier molecular flexibility index (Phi) is 2.85. The minimum atomic E-state index is -0.223. The predicted molar refractivity (Wildman–Crippen MR) is 78.7 cm³/mol. The molecule has 5 heteroatoms. The van der Waals surface area contributed by atoms with Crippen LogP contribution >= 0.6 is 0 Å². The van der Waals surface area contributed by atoms with Crippen LogP contribution in [0, 0.1) is 5.41 Å². The summed E-state index contributed by atoms with van der Waals surface area (Å²) in [6, 6.07) is 5.50. The molecule has 0 saturated heterocycles. The summed E-state index contributed by atoms with van der Waals surface area (Å²) in [6.45, 7) is 4.18. The number of benzene rings is 1. The zero-order chi connectivity index (χ0) is 14.3. The molecule has 104 valence electrons. The molecule has 3 rings (SSSR count). The molecule has 5 nitrogen and oxygen atoms in total. The van der Waals surface area contributed by atoms with Gasteiger partial charge in [-0.15, -0.1) is 0 Å². The molecule has 20 heavy (non-hydrogen) atoms. The third kappa shape index (κ3) is 2.57. The molecule has 0 unspecified atom stereocenters. The van der Waals surface area contributed by atoms with Gasteiger partial charge < -0.3 is 9.97 Å². The Bertz CT molecular complexity index is 765. The molecule has 1 aliphatic rings. The van der Waals surface area contributed by atoms with Crippen molar-refractivity contribution < 1.29 is 4.79 Å². The normalized spacial score (nSPS) is 20.7. The maximum Gasteiger partial charge on any atom is 0.323 e. The molecule has 0 atom stereocenters. The average molecular weight is 271 g/mol. The molecule has 0 radical (unpaired) electrons. The van der Waals surface area contributed by atoms with Crippen molar-refractivity contribution in [2.45, 2.75) is 33.1 Å². The van der Waals surface area contributed by atoms with Crippen LogP contribution in [0.15, 0.2) is 28.0 Å². The van der Waals surface area contributed by atoms with Crippen molar-refractivity contribution in [3.8, 4) is 0 Å². The number of nitrogens with zero attached hydrogens (tertiary/aromatic N) is 1. The molecular weight excluding hydrogens is 254 g/mol. The number of hydrogen-bond donors (Lipinski definition) is 2. The lowest BCUT2D eigenvalue weighted by Gasteiger charge is -2.29. The number of carbonyl (C=O) groups is 1. The summed E-state index contributed by atoms with van der Waals surface area (Å²) in [5.41, 5.74) is 2.95. The van der Waals surface area contributed by atoms with Gasteiger partial charge in [-0.2, -0.15) is 0 Å². The highest BCUT2D eigenvalue weighted by atomic mass is 16.1. The van der Waals surface area contributed by atoms with Crippen LogP contribution < -0.4 is 5.69 Å². The summed E-state index contributed by atoms with van der Waals surface area (Å²) >= 11 is 0. The number of nitrogens with one attached hydrogen (secondary N) is 2. The van der Waals surface area contributed by atoms with Crippen LogP contribution in [-0.4, -0.2) is 21.5 Å². The van der Waals surface area contributed by atoms with E-state index < -0.39 is 0 Å². The highest BCUT2D eigenvalue weighted by Crippen LogP contribution is 2.33. The van der Waals surface area contributed by atoms with Crippen LogP contribution in [0.5, 0.6) is 0 Å². The van der Waals surface area contributed by atoms with Gasteiger partial charge in [-0.1, -0.05) is 13.8 Å². The first kappa shape index (κ1) is 12.8. The van der Waals surface area contributed by atoms with Crippen molar-refractivity contribution in [1.82, 2.24) is 9.97 Å². The Morgan fingerprint density at radius 3 is 2.60 bits per heavy atom. The molecule has 1 heterocycles. The number of fused-ring (bicyclic) bond motifs is 1. The fourth-order valence-electron chi connectivity index (χ4n) is 2.85. The van der Waals surface area contributed by atoms with Gasteiger partial charge in [-0.3, -0.25) is 9.79 Å². The van der Waals surface area contributed by atoms with E-state index in [2.05, 4.69) is 28.8 Å². The van der Waals surface area contributed by atoms with E-state index in [1.54, 1.807) is 0 Å². The summed E-state index contributed by atoms with van der Waals surface area (Å²) in [6.07, 6.45) is 1.89. The van der Waals surface area contributed by atoms with Gasteiger partial charge in [0.05, 0.1) is 16.7 Å². The van der Waals surface area contributed by atoms with Crippen molar-refractivity contribution in [3.63, 3.8) is 0 Å². The van der Waals surface area contributed by atoms with E-state index in [0.717, 1.165) is 28.9 Å². The van der Waals surface area contributed by atoms with E-state index >= 15 is 0 Å². The predicted octanol–water partition coefficient (Wildman–Crippen LogP) is 2.71. The Morgan fingerprint density at radius 2 is 1.85 bits per heavy atom. The van der Waals surface area contributed by atoms with Crippen LogP contribution in [0.3, 0.4) is 0 Å². The third-order valence-electron chi connectivity index (χ3n) is 3.55. The maximum atomic E-state index is 11.8. The zero-order valence-electron chi connectivity index (χ0n) is 11.6. The smallest absolute Gasteiger partial charge is 0.306 e. The number of hydrogen-bond acceptors (Lipinski definition) is 3. The number of aromatic amines is 2. The lowest BCUT2D eigenvalue weighted by molar-refractivity contribution is -0.120. The van der Waals surface area contributed by atoms with Gasteiger partial charge in [0.2, 0.25) is 0 Å². The maximum absolute atomic E-state index is 11.8. The summed E-state index contributed by atoms with van der Waals surface area (Å²) in [5, 5.41) is 0. The molecule has 2 aromatic rings. The quantitative estimate of drug-likeness (QED) is 0.836. The van der Waals surface area contributed by atoms with E-state index in [-0.39, 0.29) is 16.9 Å². The second-order valence-electron chi connectivity index (χ2n) is 6.22. The van der Waals surface area contributed by atoms with E-state index in [4.69, 9.17) is 0 Å². The van der Waals surface area contributed by atoms with Crippen LogP contribution in [0.4, 0.5) is 5.69 Å². The Hall–Kier alpha value is -2.17. The number of H-pyrrole nitrogens is 2. The van der Waals surface area contributed by atoms with Gasteiger partial charge in [0.1, 0.15) is 5.78 Å². The monoisotopic (exact) mass is 271 g/mol. The minimum Gasteiger partial charge on any atom is -0.306 e. The van der Waals surface area contributed by atoms with Crippen molar-refractivity contribution >= 4 is 28.2 Å². The number of carbonyl (C=O) groups excluding carboxylic acids is 1. The molecule has 2 N–H and O–H groups in total. The molecule has 0 spiro atoms. The fourth-order valence-corrected chi connectivity index (χ4v) is 2.85. The second-order valence-corrected chi connectivity index (χ2v) is 6.22. The lowest BCUT2D eigenvalue weighted by atomic mass is 9.76. The molecule has 1 saturated carbocycles. The van der Waals surface area contributed by atoms with Gasteiger partial charge in [-0.25, -0.2) is 4.79 Å². The van der Waals surface area contributed by atoms with Crippen molar-refractivity contribution in [2.24, 2.45) is 10.4 Å². The topological polar surface area (TPSA) is 78.1 Å². The van der Waals surface area contributed by atoms with E-state index in [0.29, 0.717) is 12.8 Å². The number of imidazole rings is 1. The van der Waals surface area contributed by atoms with Crippen LogP contribution in [0.2, 0.25) is 0 Å². The van der Waals surface area contributed by atoms with E-state index in [1.165, 1.54) is 0 Å². The first-order valence-corrected chi connectivity index (χ1v) is 6.71. The molecule has 1 aromatic carbocycles. The Morgan fingerprint density at radius 1 is 1.10 bits per heavy atom. The van der Waals surface area contributed by atoms with E-state index in [9.17, 15) is 9.59 Å². The van der Waals surface area contributed by atoms with Crippen molar-refractivity contribution in [3.05, 3.63) is 28.7 Å². The molecule has 0 amide bonds. The highest BCUT2D eigenvalue weighted by Gasteiger charge is 2.30. The number of aliphatic imine (C=N–C) groups is 1. The highest BCUT2D eigenvalue weighted by molar-refractivity contribution is 6.05. The average Bonchev–Trinajstić information content (AvgIpc) is 2.65. The van der Waals surface area contributed by atoms with Crippen LogP contribution in [-0.2, 0) is 4.79 Å². The Balaban J connectivity index is 1.96. The van der Waals surface area contributed by atoms with E-state index in [1.807, 2.05) is 18.2 Å². The number of rotatable bonds is 1. The molecule has 0 bridgehead atoms. The first-order chi connectivity index (χ1) is 9.41. The summed E-state index contributed by atoms with van der Waals surface area (Å²) in [4.78, 5) is 33.0. The first-order valence-electron chi connectivity index (χ1n) is 6.71. The lowest BCUT2D eigenvalue weighted by Crippen LogP contribution is -2.28.